The van der Waals surface area contributed by atoms with Crippen molar-refractivity contribution >= 4 is 12.1 Å². The van der Waals surface area contributed by atoms with Gasteiger partial charge in [0.1, 0.15) is 11.6 Å². The van der Waals surface area contributed by atoms with E-state index in [0.29, 0.717) is 12.2 Å². The molecule has 0 aliphatic heterocycles. The highest BCUT2D eigenvalue weighted by atomic mass is 19.1. The van der Waals surface area contributed by atoms with Gasteiger partial charge in [-0.2, -0.15) is 0 Å². The Balaban J connectivity index is 1.78. The predicted octanol–water partition coefficient (Wildman–Crippen LogP) is 6.10. The third-order valence-electron chi connectivity index (χ3n) is 5.73. The molecule has 3 nitrogen and oxygen atoms in total. The van der Waals surface area contributed by atoms with Crippen molar-refractivity contribution < 1.29 is 13.6 Å². The van der Waals surface area contributed by atoms with E-state index >= 15 is 0 Å². The molecule has 3 rings (SSSR count). The van der Waals surface area contributed by atoms with Crippen LogP contribution in [0.2, 0.25) is 0 Å². The van der Waals surface area contributed by atoms with Crippen LogP contribution in [0.3, 0.4) is 0 Å². The maximum absolute atomic E-state index is 13.4. The number of anilines is 1. The van der Waals surface area contributed by atoms with E-state index in [-0.39, 0.29) is 23.6 Å². The van der Waals surface area contributed by atoms with E-state index in [1.165, 1.54) is 24.3 Å². The van der Waals surface area contributed by atoms with Crippen LogP contribution in [0.1, 0.15) is 54.8 Å². The molecule has 2 N–H and O–H groups in total. The number of hydrogen-bond acceptors (Lipinski definition) is 2. The van der Waals surface area contributed by atoms with Crippen LogP contribution < -0.4 is 10.6 Å². The Hall–Kier alpha value is -3.05. The van der Waals surface area contributed by atoms with Gasteiger partial charge in [-0.3, -0.25) is 4.79 Å². The van der Waals surface area contributed by atoms with Crippen molar-refractivity contribution in [3.05, 3.63) is 101 Å². The lowest BCUT2D eigenvalue weighted by Crippen LogP contribution is -2.27. The molecule has 5 heteroatoms. The number of carbonyl (C=O) groups excluding carboxylic acids is 1. The van der Waals surface area contributed by atoms with E-state index in [1.54, 1.807) is 17.0 Å². The molecule has 162 valence electrons. The van der Waals surface area contributed by atoms with E-state index < -0.39 is 0 Å². The van der Waals surface area contributed by atoms with Gasteiger partial charge < -0.3 is 10.6 Å². The van der Waals surface area contributed by atoms with E-state index in [1.807, 2.05) is 36.4 Å². The van der Waals surface area contributed by atoms with Crippen molar-refractivity contribution in [2.45, 2.75) is 44.7 Å². The number of benzene rings is 3. The molecule has 0 heterocycles. The Morgan fingerprint density at radius 2 is 1.39 bits per heavy atom. The van der Waals surface area contributed by atoms with E-state index in [2.05, 4.69) is 6.92 Å². The van der Waals surface area contributed by atoms with Gasteiger partial charge in [-0.1, -0.05) is 49.7 Å². The molecule has 3 aromatic rings. The molecule has 2 atom stereocenters. The standard InChI is InChI=1S/C26H28F2N2O/c1-19(21-9-11-23(27)12-10-21)3-2-4-26(22-7-5-20(17-29)6-8-22)30(18-31)25-15-13-24(28)14-16-25/h5-16,18-19,26H,2-4,17,29H2,1H3. The maximum atomic E-state index is 13.4. The van der Waals surface area contributed by atoms with Gasteiger partial charge >= 0.3 is 0 Å². The second-order valence-corrected chi connectivity index (χ2v) is 7.83. The summed E-state index contributed by atoms with van der Waals surface area (Å²) < 4.78 is 26.6. The summed E-state index contributed by atoms with van der Waals surface area (Å²) in [5.41, 5.74) is 9.49. The number of nitrogens with two attached hydrogens (primary N) is 1. The molecule has 1 amide bonds. The molecular weight excluding hydrogens is 394 g/mol. The number of carbonyl (C=O) groups is 1. The summed E-state index contributed by atoms with van der Waals surface area (Å²) in [4.78, 5) is 13.7. The quantitative estimate of drug-likeness (QED) is 0.401. The molecule has 31 heavy (non-hydrogen) atoms. The van der Waals surface area contributed by atoms with Crippen molar-refractivity contribution in [3.63, 3.8) is 0 Å². The Bertz CT molecular complexity index is 956. The smallest absolute Gasteiger partial charge is 0.214 e. The molecule has 0 saturated carbocycles. The summed E-state index contributed by atoms with van der Waals surface area (Å²) in [5, 5.41) is 0. The van der Waals surface area contributed by atoms with Crippen LogP contribution in [-0.4, -0.2) is 6.41 Å². The molecule has 0 aliphatic carbocycles. The Kier molecular flexibility index (Phi) is 7.90. The van der Waals surface area contributed by atoms with Crippen LogP contribution in [0.25, 0.3) is 0 Å². The molecule has 0 fully saturated rings. The number of amides is 1. The largest absolute Gasteiger partial charge is 0.326 e. The van der Waals surface area contributed by atoms with Gasteiger partial charge in [-0.05, 0) is 71.8 Å². The lowest BCUT2D eigenvalue weighted by molar-refractivity contribution is -0.108. The number of nitrogens with zero attached hydrogens (tertiary/aromatic N) is 1. The molecule has 0 aliphatic rings. The molecule has 0 bridgehead atoms. The predicted molar refractivity (Wildman–Crippen MR) is 121 cm³/mol. The Morgan fingerprint density at radius 1 is 0.839 bits per heavy atom. The van der Waals surface area contributed by atoms with Gasteiger partial charge in [0.05, 0.1) is 6.04 Å². The lowest BCUT2D eigenvalue weighted by atomic mass is 9.92. The van der Waals surface area contributed by atoms with Crippen LogP contribution in [-0.2, 0) is 11.3 Å². The van der Waals surface area contributed by atoms with Gasteiger partial charge in [0.15, 0.2) is 0 Å². The van der Waals surface area contributed by atoms with E-state index in [0.717, 1.165) is 42.4 Å². The normalized spacial score (nSPS) is 12.9. The summed E-state index contributed by atoms with van der Waals surface area (Å²) in [6, 6.07) is 20.3. The average Bonchev–Trinajstić information content (AvgIpc) is 2.80. The average molecular weight is 423 g/mol. The highest BCUT2D eigenvalue weighted by molar-refractivity contribution is 5.76. The Morgan fingerprint density at radius 3 is 1.94 bits per heavy atom. The van der Waals surface area contributed by atoms with Gasteiger partial charge in [0, 0.05) is 12.2 Å². The third kappa shape index (κ3) is 5.98. The molecule has 2 unspecified atom stereocenters. The summed E-state index contributed by atoms with van der Waals surface area (Å²) in [7, 11) is 0. The first-order chi connectivity index (χ1) is 15.0. The molecule has 3 aromatic carbocycles. The van der Waals surface area contributed by atoms with Gasteiger partial charge in [0.25, 0.3) is 0 Å². The minimum atomic E-state index is -0.341. The molecule has 0 radical (unpaired) electrons. The van der Waals surface area contributed by atoms with Crippen LogP contribution in [0, 0.1) is 11.6 Å². The second kappa shape index (κ2) is 10.8. The first-order valence-electron chi connectivity index (χ1n) is 10.6. The first kappa shape index (κ1) is 22.6. The van der Waals surface area contributed by atoms with Gasteiger partial charge in [-0.25, -0.2) is 8.78 Å². The van der Waals surface area contributed by atoms with Crippen molar-refractivity contribution in [1.82, 2.24) is 0 Å². The SMILES string of the molecule is CC(CCCC(c1ccc(CN)cc1)N(C=O)c1ccc(F)cc1)c1ccc(F)cc1. The summed E-state index contributed by atoms with van der Waals surface area (Å²) >= 11 is 0. The zero-order valence-corrected chi connectivity index (χ0v) is 17.7. The molecule has 0 aromatic heterocycles. The fourth-order valence-corrected chi connectivity index (χ4v) is 3.85. The maximum Gasteiger partial charge on any atom is 0.214 e. The summed E-state index contributed by atoms with van der Waals surface area (Å²) in [5.74, 6) is -0.305. The lowest BCUT2D eigenvalue weighted by Gasteiger charge is -2.29. The van der Waals surface area contributed by atoms with Crippen molar-refractivity contribution in [1.29, 1.82) is 0 Å². The molecule has 0 saturated heterocycles. The minimum Gasteiger partial charge on any atom is -0.326 e. The van der Waals surface area contributed by atoms with Crippen LogP contribution in [0.4, 0.5) is 14.5 Å². The first-order valence-corrected chi connectivity index (χ1v) is 10.6. The summed E-state index contributed by atoms with van der Waals surface area (Å²) in [6.45, 7) is 2.57. The van der Waals surface area contributed by atoms with Crippen molar-refractivity contribution in [2.75, 3.05) is 4.90 Å². The fourth-order valence-electron chi connectivity index (χ4n) is 3.85. The van der Waals surface area contributed by atoms with Crippen molar-refractivity contribution in [2.24, 2.45) is 5.73 Å². The zero-order chi connectivity index (χ0) is 22.2. The fraction of sp³-hybridized carbons (Fsp3) is 0.269. The van der Waals surface area contributed by atoms with E-state index in [4.69, 9.17) is 5.73 Å². The molecule has 0 spiro atoms. The highest BCUT2D eigenvalue weighted by Gasteiger charge is 2.21. The second-order valence-electron chi connectivity index (χ2n) is 7.83. The topological polar surface area (TPSA) is 46.3 Å². The molecular formula is C26H28F2N2O. The minimum absolute atomic E-state index is 0.185. The van der Waals surface area contributed by atoms with Crippen LogP contribution >= 0.6 is 0 Å². The summed E-state index contributed by atoms with van der Waals surface area (Å²) in [6.07, 6.45) is 3.31. The monoisotopic (exact) mass is 422 g/mol. The van der Waals surface area contributed by atoms with E-state index in [9.17, 15) is 13.6 Å². The Labute approximate surface area is 182 Å². The highest BCUT2D eigenvalue weighted by Crippen LogP contribution is 2.32. The van der Waals surface area contributed by atoms with Crippen molar-refractivity contribution in [3.8, 4) is 0 Å². The number of halogens is 2. The third-order valence-corrected chi connectivity index (χ3v) is 5.73. The number of hydrogen-bond donors (Lipinski definition) is 1. The van der Waals surface area contributed by atoms with Gasteiger partial charge in [0.2, 0.25) is 6.41 Å². The zero-order valence-electron chi connectivity index (χ0n) is 17.7. The van der Waals surface area contributed by atoms with Gasteiger partial charge in [-0.15, -0.1) is 0 Å². The van der Waals surface area contributed by atoms with Crippen LogP contribution in [0.5, 0.6) is 0 Å². The number of rotatable bonds is 10. The van der Waals surface area contributed by atoms with Crippen LogP contribution in [0.15, 0.2) is 72.8 Å².